The number of hydrogen-bond donors (Lipinski definition) is 0. The van der Waals surface area contributed by atoms with E-state index in [2.05, 4.69) is 19.1 Å². The average Bonchev–Trinajstić information content (AvgIpc) is 2.76. The Kier molecular flexibility index (Phi) is 10.0. The van der Waals surface area contributed by atoms with Gasteiger partial charge < -0.3 is 9.47 Å². The smallest absolute Gasteiger partial charge is 0.306 e. The number of carbonyl (C=O) groups is 2. The quantitative estimate of drug-likeness (QED) is 0.292. The highest BCUT2D eigenvalue weighted by atomic mass is 16.6. The summed E-state index contributed by atoms with van der Waals surface area (Å²) < 4.78 is 11.6. The van der Waals surface area contributed by atoms with Gasteiger partial charge >= 0.3 is 5.97 Å². The summed E-state index contributed by atoms with van der Waals surface area (Å²) in [6, 6.07) is 10.1. The summed E-state index contributed by atoms with van der Waals surface area (Å²) in [6.45, 7) is 6.27. The molecule has 0 aliphatic heterocycles. The van der Waals surface area contributed by atoms with Crippen molar-refractivity contribution in [3.63, 3.8) is 0 Å². The SMILES string of the molecule is CCCCCCCOC1(C(=O)C(C)OC(=O)CCC)C=CC(c2ccccc2)=CC1. The molecule has 1 aromatic carbocycles. The molecule has 4 nitrogen and oxygen atoms in total. The first kappa shape index (κ1) is 24.1. The molecular formula is C26H36O4. The molecule has 1 aliphatic rings. The van der Waals surface area contributed by atoms with Crippen LogP contribution >= 0.6 is 0 Å². The van der Waals surface area contributed by atoms with Gasteiger partial charge in [-0.1, -0.05) is 82.0 Å². The summed E-state index contributed by atoms with van der Waals surface area (Å²) in [4.78, 5) is 25.2. The number of benzene rings is 1. The van der Waals surface area contributed by atoms with E-state index in [-0.39, 0.29) is 11.8 Å². The van der Waals surface area contributed by atoms with Crippen molar-refractivity contribution < 1.29 is 19.1 Å². The number of ether oxygens (including phenoxy) is 2. The molecule has 1 aromatic rings. The maximum absolute atomic E-state index is 13.3. The zero-order valence-electron chi connectivity index (χ0n) is 18.7. The molecule has 0 bridgehead atoms. The number of carbonyl (C=O) groups excluding carboxylic acids is 2. The zero-order chi connectivity index (χ0) is 21.8. The molecule has 0 N–H and O–H groups in total. The molecule has 4 heteroatoms. The third-order valence-electron chi connectivity index (χ3n) is 5.42. The number of ketones is 1. The average molecular weight is 413 g/mol. The number of rotatable bonds is 13. The maximum atomic E-state index is 13.3. The normalized spacial score (nSPS) is 19.2. The highest BCUT2D eigenvalue weighted by Crippen LogP contribution is 2.32. The van der Waals surface area contributed by atoms with E-state index < -0.39 is 11.7 Å². The standard InChI is InChI=1S/C26H36O4/c1-4-6-7-8-12-20-29-26(25(28)21(3)30-24(27)13-5-2)18-16-23(17-19-26)22-14-10-9-11-15-22/h9-11,14-18,21H,4-8,12-13,19-20H2,1-3H3. The summed E-state index contributed by atoms with van der Waals surface area (Å²) in [7, 11) is 0. The van der Waals surface area contributed by atoms with E-state index in [4.69, 9.17) is 9.47 Å². The zero-order valence-corrected chi connectivity index (χ0v) is 18.7. The fourth-order valence-electron chi connectivity index (χ4n) is 3.65. The van der Waals surface area contributed by atoms with Gasteiger partial charge in [-0.2, -0.15) is 0 Å². The Bertz CT molecular complexity index is 735. The van der Waals surface area contributed by atoms with E-state index in [1.165, 1.54) is 19.3 Å². The second-order valence-electron chi connectivity index (χ2n) is 7.96. The number of unbranched alkanes of at least 4 members (excludes halogenated alkanes) is 4. The van der Waals surface area contributed by atoms with Crippen molar-refractivity contribution in [1.82, 2.24) is 0 Å². The number of esters is 1. The lowest BCUT2D eigenvalue weighted by atomic mass is 9.84. The van der Waals surface area contributed by atoms with Gasteiger partial charge in [0.25, 0.3) is 0 Å². The molecule has 30 heavy (non-hydrogen) atoms. The van der Waals surface area contributed by atoms with E-state index >= 15 is 0 Å². The lowest BCUT2D eigenvalue weighted by Crippen LogP contribution is -2.47. The van der Waals surface area contributed by atoms with Crippen LogP contribution in [0.25, 0.3) is 5.57 Å². The third kappa shape index (κ3) is 6.94. The lowest BCUT2D eigenvalue weighted by Gasteiger charge is -2.33. The molecule has 0 saturated heterocycles. The Hall–Kier alpha value is -2.20. The van der Waals surface area contributed by atoms with Crippen molar-refractivity contribution in [3.05, 3.63) is 54.1 Å². The summed E-state index contributed by atoms with van der Waals surface area (Å²) >= 11 is 0. The Labute approximate surface area is 181 Å². The van der Waals surface area contributed by atoms with Crippen molar-refractivity contribution in [3.8, 4) is 0 Å². The first-order valence-corrected chi connectivity index (χ1v) is 11.3. The topological polar surface area (TPSA) is 52.6 Å². The minimum Gasteiger partial charge on any atom is -0.455 e. The number of Topliss-reactive ketones (excluding diaryl/α,β-unsaturated/α-hetero) is 1. The monoisotopic (exact) mass is 412 g/mol. The Morgan fingerprint density at radius 2 is 1.77 bits per heavy atom. The lowest BCUT2D eigenvalue weighted by molar-refractivity contribution is -0.162. The van der Waals surface area contributed by atoms with Gasteiger partial charge in [0.15, 0.2) is 11.7 Å². The van der Waals surface area contributed by atoms with Gasteiger partial charge in [-0.15, -0.1) is 0 Å². The molecular weight excluding hydrogens is 376 g/mol. The molecule has 0 fully saturated rings. The Morgan fingerprint density at radius 1 is 1.03 bits per heavy atom. The Morgan fingerprint density at radius 3 is 2.40 bits per heavy atom. The number of allylic oxidation sites excluding steroid dienone is 2. The molecule has 0 radical (unpaired) electrons. The van der Waals surface area contributed by atoms with Crippen molar-refractivity contribution in [2.75, 3.05) is 6.61 Å². The molecule has 0 amide bonds. The molecule has 0 spiro atoms. The van der Waals surface area contributed by atoms with Crippen molar-refractivity contribution in [1.29, 1.82) is 0 Å². The molecule has 164 valence electrons. The molecule has 0 heterocycles. The van der Waals surface area contributed by atoms with Crippen molar-refractivity contribution in [2.24, 2.45) is 0 Å². The van der Waals surface area contributed by atoms with Gasteiger partial charge in [-0.3, -0.25) is 9.59 Å². The molecule has 2 unspecified atom stereocenters. The molecule has 0 aromatic heterocycles. The third-order valence-corrected chi connectivity index (χ3v) is 5.42. The second-order valence-corrected chi connectivity index (χ2v) is 7.96. The number of hydrogen-bond acceptors (Lipinski definition) is 4. The van der Waals surface area contributed by atoms with E-state index in [1.807, 2.05) is 43.4 Å². The van der Waals surface area contributed by atoms with Crippen LogP contribution < -0.4 is 0 Å². The van der Waals surface area contributed by atoms with Crippen LogP contribution in [0.1, 0.15) is 77.7 Å². The van der Waals surface area contributed by atoms with Crippen LogP contribution in [0.2, 0.25) is 0 Å². The van der Waals surface area contributed by atoms with Crippen LogP contribution in [0.15, 0.2) is 48.6 Å². The highest BCUT2D eigenvalue weighted by Gasteiger charge is 2.41. The summed E-state index contributed by atoms with van der Waals surface area (Å²) in [5, 5.41) is 0. The minimum absolute atomic E-state index is 0.194. The van der Waals surface area contributed by atoms with Crippen LogP contribution in [-0.4, -0.2) is 30.1 Å². The van der Waals surface area contributed by atoms with E-state index in [1.54, 1.807) is 6.92 Å². The van der Waals surface area contributed by atoms with Crippen molar-refractivity contribution >= 4 is 17.3 Å². The maximum Gasteiger partial charge on any atom is 0.306 e. The molecule has 0 saturated carbocycles. The van der Waals surface area contributed by atoms with Crippen molar-refractivity contribution in [2.45, 2.75) is 83.8 Å². The molecule has 2 rings (SSSR count). The van der Waals surface area contributed by atoms with Crippen LogP contribution in [0.5, 0.6) is 0 Å². The van der Waals surface area contributed by atoms with Crippen LogP contribution in [0.4, 0.5) is 0 Å². The van der Waals surface area contributed by atoms with Gasteiger partial charge in [0.05, 0.1) is 0 Å². The fraction of sp³-hybridized carbons (Fsp3) is 0.538. The first-order valence-electron chi connectivity index (χ1n) is 11.3. The molecule has 2 atom stereocenters. The highest BCUT2D eigenvalue weighted by molar-refractivity contribution is 5.96. The van der Waals surface area contributed by atoms with Gasteiger partial charge in [0, 0.05) is 19.4 Å². The summed E-state index contributed by atoms with van der Waals surface area (Å²) in [5.41, 5.74) is 1.10. The van der Waals surface area contributed by atoms with Gasteiger partial charge in [-0.25, -0.2) is 0 Å². The predicted octanol–water partition coefficient (Wildman–Crippen LogP) is 6.06. The first-order chi connectivity index (χ1) is 14.5. The second kappa shape index (κ2) is 12.5. The summed E-state index contributed by atoms with van der Waals surface area (Å²) in [6.07, 6.45) is 12.1. The fourth-order valence-corrected chi connectivity index (χ4v) is 3.65. The van der Waals surface area contributed by atoms with Gasteiger partial charge in [0.1, 0.15) is 0 Å². The van der Waals surface area contributed by atoms with Crippen LogP contribution in [0, 0.1) is 0 Å². The van der Waals surface area contributed by atoms with E-state index in [0.29, 0.717) is 25.9 Å². The van der Waals surface area contributed by atoms with E-state index in [9.17, 15) is 9.59 Å². The minimum atomic E-state index is -1.07. The molecule has 1 aliphatic carbocycles. The Balaban J connectivity index is 2.09. The largest absolute Gasteiger partial charge is 0.455 e. The predicted molar refractivity (Wildman–Crippen MR) is 121 cm³/mol. The van der Waals surface area contributed by atoms with Gasteiger partial charge in [-0.05, 0) is 37.0 Å². The van der Waals surface area contributed by atoms with E-state index in [0.717, 1.165) is 24.0 Å². The van der Waals surface area contributed by atoms with Crippen LogP contribution in [-0.2, 0) is 19.1 Å². The van der Waals surface area contributed by atoms with Gasteiger partial charge in [0.2, 0.25) is 5.78 Å². The summed E-state index contributed by atoms with van der Waals surface area (Å²) in [5.74, 6) is -0.534. The van der Waals surface area contributed by atoms with Crippen LogP contribution in [0.3, 0.4) is 0 Å².